The molecule has 3 rings (SSSR count). The van der Waals surface area contributed by atoms with Gasteiger partial charge in [0.15, 0.2) is 11.6 Å². The fraction of sp³-hybridized carbons (Fsp3) is 0.571. The van der Waals surface area contributed by atoms with Crippen LogP contribution in [-0.4, -0.2) is 31.1 Å². The third-order valence-electron chi connectivity index (χ3n) is 3.90. The van der Waals surface area contributed by atoms with Crippen LogP contribution < -0.4 is 5.32 Å². The molecular weight excluding hydrogens is 234 g/mol. The lowest BCUT2D eigenvalue weighted by atomic mass is 9.99. The van der Waals surface area contributed by atoms with Crippen molar-refractivity contribution >= 4 is 0 Å². The first kappa shape index (κ1) is 12.1. The van der Waals surface area contributed by atoms with Crippen molar-refractivity contribution in [3.8, 4) is 0 Å². The largest absolute Gasteiger partial charge is 0.314 e. The van der Waals surface area contributed by atoms with Gasteiger partial charge in [-0.05, 0) is 36.5 Å². The Morgan fingerprint density at radius 2 is 1.83 bits per heavy atom. The second-order valence-corrected chi connectivity index (χ2v) is 5.24. The van der Waals surface area contributed by atoms with Crippen molar-refractivity contribution in [2.24, 2.45) is 5.92 Å². The highest BCUT2D eigenvalue weighted by Crippen LogP contribution is 2.44. The van der Waals surface area contributed by atoms with Gasteiger partial charge in [-0.1, -0.05) is 6.07 Å². The number of benzene rings is 1. The predicted octanol–water partition coefficient (Wildman–Crippen LogP) is 2.32. The van der Waals surface area contributed by atoms with E-state index >= 15 is 0 Å². The van der Waals surface area contributed by atoms with Crippen molar-refractivity contribution in [2.75, 3.05) is 26.2 Å². The fourth-order valence-electron chi connectivity index (χ4n) is 2.85. The maximum atomic E-state index is 13.4. The van der Waals surface area contributed by atoms with Crippen molar-refractivity contribution in [1.29, 1.82) is 0 Å². The van der Waals surface area contributed by atoms with Crippen LogP contribution in [0.4, 0.5) is 8.78 Å². The Kier molecular flexibility index (Phi) is 3.31. The van der Waals surface area contributed by atoms with Gasteiger partial charge in [-0.2, -0.15) is 0 Å². The molecule has 0 amide bonds. The Labute approximate surface area is 106 Å². The molecular formula is C14H18F2N2. The first-order chi connectivity index (χ1) is 8.75. The quantitative estimate of drug-likeness (QED) is 0.888. The van der Waals surface area contributed by atoms with Crippen molar-refractivity contribution in [3.63, 3.8) is 0 Å². The van der Waals surface area contributed by atoms with Gasteiger partial charge >= 0.3 is 0 Å². The minimum Gasteiger partial charge on any atom is -0.314 e. The van der Waals surface area contributed by atoms with Gasteiger partial charge in [0.1, 0.15) is 0 Å². The molecule has 0 unspecified atom stereocenters. The molecule has 2 nitrogen and oxygen atoms in total. The van der Waals surface area contributed by atoms with E-state index in [9.17, 15) is 8.78 Å². The number of rotatable bonds is 3. The van der Waals surface area contributed by atoms with Crippen LogP contribution in [0.25, 0.3) is 0 Å². The summed E-state index contributed by atoms with van der Waals surface area (Å²) in [6.45, 7) is 3.93. The number of piperazine rings is 1. The van der Waals surface area contributed by atoms with Gasteiger partial charge in [0.25, 0.3) is 0 Å². The summed E-state index contributed by atoms with van der Waals surface area (Å²) in [6, 6.07) is 4.63. The minimum absolute atomic E-state index is 0.266. The summed E-state index contributed by atoms with van der Waals surface area (Å²) in [7, 11) is 0. The molecule has 1 aliphatic heterocycles. The zero-order chi connectivity index (χ0) is 12.5. The average molecular weight is 252 g/mol. The van der Waals surface area contributed by atoms with Crippen LogP contribution in [0.15, 0.2) is 18.2 Å². The molecule has 2 fully saturated rings. The van der Waals surface area contributed by atoms with E-state index in [4.69, 9.17) is 0 Å². The van der Waals surface area contributed by atoms with E-state index in [0.717, 1.165) is 31.7 Å². The van der Waals surface area contributed by atoms with E-state index in [-0.39, 0.29) is 6.04 Å². The minimum atomic E-state index is -0.756. The molecule has 0 bridgehead atoms. The molecule has 0 spiro atoms. The number of hydrogen-bond donors (Lipinski definition) is 1. The highest BCUT2D eigenvalue weighted by Gasteiger charge is 2.36. The van der Waals surface area contributed by atoms with Crippen LogP contribution >= 0.6 is 0 Å². The molecule has 4 heteroatoms. The van der Waals surface area contributed by atoms with Crippen molar-refractivity contribution in [2.45, 2.75) is 18.9 Å². The Morgan fingerprint density at radius 3 is 2.44 bits per heavy atom. The van der Waals surface area contributed by atoms with Crippen molar-refractivity contribution in [3.05, 3.63) is 35.4 Å². The summed E-state index contributed by atoms with van der Waals surface area (Å²) < 4.78 is 26.4. The lowest BCUT2D eigenvalue weighted by Gasteiger charge is -2.35. The van der Waals surface area contributed by atoms with E-state index in [1.165, 1.54) is 25.0 Å². The van der Waals surface area contributed by atoms with Crippen LogP contribution in [0, 0.1) is 17.6 Å². The maximum Gasteiger partial charge on any atom is 0.159 e. The first-order valence-electron chi connectivity index (χ1n) is 6.65. The maximum absolute atomic E-state index is 13.4. The second kappa shape index (κ2) is 4.94. The van der Waals surface area contributed by atoms with Crippen LogP contribution in [0.2, 0.25) is 0 Å². The van der Waals surface area contributed by atoms with Gasteiger partial charge in [-0.25, -0.2) is 8.78 Å². The lowest BCUT2D eigenvalue weighted by Crippen LogP contribution is -2.45. The lowest BCUT2D eigenvalue weighted by molar-refractivity contribution is 0.156. The third kappa shape index (κ3) is 2.40. The first-order valence-corrected chi connectivity index (χ1v) is 6.65. The van der Waals surface area contributed by atoms with E-state index in [2.05, 4.69) is 10.2 Å². The summed E-state index contributed by atoms with van der Waals surface area (Å²) in [5, 5.41) is 3.33. The molecule has 1 saturated heterocycles. The van der Waals surface area contributed by atoms with Gasteiger partial charge in [0.2, 0.25) is 0 Å². The highest BCUT2D eigenvalue weighted by molar-refractivity contribution is 5.23. The van der Waals surface area contributed by atoms with Crippen molar-refractivity contribution < 1.29 is 8.78 Å². The van der Waals surface area contributed by atoms with Crippen molar-refractivity contribution in [1.82, 2.24) is 10.2 Å². The molecule has 1 aromatic carbocycles. The summed E-state index contributed by atoms with van der Waals surface area (Å²) in [6.07, 6.45) is 2.40. The second-order valence-electron chi connectivity index (χ2n) is 5.24. The Hall–Kier alpha value is -1.00. The zero-order valence-electron chi connectivity index (χ0n) is 10.3. The molecule has 1 heterocycles. The molecule has 2 aliphatic rings. The molecule has 1 aromatic rings. The van der Waals surface area contributed by atoms with Gasteiger partial charge in [-0.15, -0.1) is 0 Å². The summed E-state index contributed by atoms with van der Waals surface area (Å²) in [4.78, 5) is 2.40. The highest BCUT2D eigenvalue weighted by atomic mass is 19.2. The molecule has 1 aliphatic carbocycles. The van der Waals surface area contributed by atoms with E-state index in [0.29, 0.717) is 5.92 Å². The fourth-order valence-corrected chi connectivity index (χ4v) is 2.85. The monoisotopic (exact) mass is 252 g/mol. The SMILES string of the molecule is Fc1ccc([C@@H](C2CC2)N2CCNCC2)cc1F. The number of halogens is 2. The topological polar surface area (TPSA) is 15.3 Å². The van der Waals surface area contributed by atoms with Crippen LogP contribution in [0.1, 0.15) is 24.4 Å². The molecule has 18 heavy (non-hydrogen) atoms. The molecule has 1 saturated carbocycles. The molecule has 1 atom stereocenters. The standard InChI is InChI=1S/C14H18F2N2/c15-12-4-3-11(9-13(12)16)14(10-1-2-10)18-7-5-17-6-8-18/h3-4,9-10,14,17H,1-2,5-8H2/t14-/m1/s1. The number of hydrogen-bond acceptors (Lipinski definition) is 2. The number of nitrogens with one attached hydrogen (secondary N) is 1. The third-order valence-corrected chi connectivity index (χ3v) is 3.90. The van der Waals surface area contributed by atoms with Crippen LogP contribution in [0.3, 0.4) is 0 Å². The Balaban J connectivity index is 1.85. The molecule has 0 aromatic heterocycles. The molecule has 98 valence electrons. The Morgan fingerprint density at radius 1 is 1.11 bits per heavy atom. The molecule has 0 radical (unpaired) electrons. The molecule has 1 N–H and O–H groups in total. The van der Waals surface area contributed by atoms with E-state index in [1.54, 1.807) is 6.07 Å². The predicted molar refractivity (Wildman–Crippen MR) is 66.3 cm³/mol. The van der Waals surface area contributed by atoms with Gasteiger partial charge in [-0.3, -0.25) is 4.90 Å². The Bertz CT molecular complexity index is 426. The van der Waals surface area contributed by atoms with Crippen LogP contribution in [0.5, 0.6) is 0 Å². The van der Waals surface area contributed by atoms with Gasteiger partial charge in [0.05, 0.1) is 0 Å². The normalized spacial score (nSPS) is 23.0. The number of nitrogens with zero attached hydrogens (tertiary/aromatic N) is 1. The summed E-state index contributed by atoms with van der Waals surface area (Å²) >= 11 is 0. The van der Waals surface area contributed by atoms with E-state index < -0.39 is 11.6 Å². The smallest absolute Gasteiger partial charge is 0.159 e. The summed E-state index contributed by atoms with van der Waals surface area (Å²) in [5.74, 6) is -0.866. The zero-order valence-corrected chi connectivity index (χ0v) is 10.3. The van der Waals surface area contributed by atoms with Gasteiger partial charge in [0, 0.05) is 32.2 Å². The summed E-state index contributed by atoms with van der Waals surface area (Å²) in [5.41, 5.74) is 0.929. The van der Waals surface area contributed by atoms with E-state index in [1.807, 2.05) is 0 Å². The average Bonchev–Trinajstić information content (AvgIpc) is 3.20. The van der Waals surface area contributed by atoms with Gasteiger partial charge < -0.3 is 5.32 Å². The van der Waals surface area contributed by atoms with Crippen LogP contribution in [-0.2, 0) is 0 Å².